The van der Waals surface area contributed by atoms with Crippen molar-refractivity contribution in [2.45, 2.75) is 19.8 Å². The van der Waals surface area contributed by atoms with Crippen molar-refractivity contribution in [2.75, 3.05) is 33.4 Å². The van der Waals surface area contributed by atoms with Gasteiger partial charge in [-0.2, -0.15) is 5.26 Å². The molecule has 1 N–H and O–H groups in total. The van der Waals surface area contributed by atoms with E-state index >= 15 is 0 Å². The monoisotopic (exact) mass is 323 g/mol. The molecular weight excluding hydrogens is 302 g/mol. The Kier molecular flexibility index (Phi) is 7.60. The van der Waals surface area contributed by atoms with Crippen molar-refractivity contribution in [1.29, 1.82) is 5.26 Å². The van der Waals surface area contributed by atoms with Gasteiger partial charge in [0.1, 0.15) is 18.2 Å². The molecule has 0 saturated carbocycles. The number of likely N-dealkylation sites (tertiary alicyclic amines) is 1. The molecule has 0 aliphatic carbocycles. The van der Waals surface area contributed by atoms with Gasteiger partial charge in [0.2, 0.25) is 0 Å². The Balaban J connectivity index is 2.54. The lowest BCUT2D eigenvalue weighted by Gasteiger charge is -2.30. The number of nitriles is 1. The first-order valence-corrected chi connectivity index (χ1v) is 7.39. The topological polar surface area (TPSA) is 109 Å². The summed E-state index contributed by atoms with van der Waals surface area (Å²) in [6.45, 7) is 2.74. The van der Waals surface area contributed by atoms with Gasteiger partial charge in [0.05, 0.1) is 19.6 Å². The van der Waals surface area contributed by atoms with E-state index < -0.39 is 11.9 Å². The zero-order valence-corrected chi connectivity index (χ0v) is 13.3. The Morgan fingerprint density at radius 1 is 1.35 bits per heavy atom. The number of amides is 1. The van der Waals surface area contributed by atoms with Crippen LogP contribution in [0, 0.1) is 17.2 Å². The van der Waals surface area contributed by atoms with Gasteiger partial charge in [-0.3, -0.25) is 14.4 Å². The number of carbonyl (C=O) groups excluding carboxylic acids is 3. The molecule has 8 heteroatoms. The average molecular weight is 323 g/mol. The summed E-state index contributed by atoms with van der Waals surface area (Å²) in [5, 5.41) is 11.6. The number of carbonyl (C=O) groups is 3. The van der Waals surface area contributed by atoms with Crippen molar-refractivity contribution in [3.63, 3.8) is 0 Å². The van der Waals surface area contributed by atoms with Gasteiger partial charge < -0.3 is 19.7 Å². The van der Waals surface area contributed by atoms with Gasteiger partial charge in [-0.1, -0.05) is 0 Å². The number of ether oxygens (including phenoxy) is 2. The number of methoxy groups -OCH3 is 1. The van der Waals surface area contributed by atoms with Gasteiger partial charge in [0.15, 0.2) is 0 Å². The second kappa shape index (κ2) is 9.46. The van der Waals surface area contributed by atoms with Crippen LogP contribution in [0.2, 0.25) is 0 Å². The fourth-order valence-electron chi connectivity index (χ4n) is 2.20. The van der Waals surface area contributed by atoms with Crippen LogP contribution in [-0.4, -0.2) is 56.1 Å². The highest BCUT2D eigenvalue weighted by atomic mass is 16.5. The van der Waals surface area contributed by atoms with Crippen LogP contribution < -0.4 is 5.32 Å². The van der Waals surface area contributed by atoms with E-state index in [2.05, 4.69) is 10.1 Å². The molecule has 1 rings (SSSR count). The smallest absolute Gasteiger partial charge is 0.325 e. The summed E-state index contributed by atoms with van der Waals surface area (Å²) in [7, 11) is 1.25. The standard InChI is InChI=1S/C15H21N3O5/c1-3-23-15(21)11-4-6-18(7-5-11)14(20)12(8-16)9-17-10-13(19)22-2/h9,11,17H,3-7,10H2,1-2H3/b12-9-. The van der Waals surface area contributed by atoms with Gasteiger partial charge in [-0.25, -0.2) is 0 Å². The normalized spacial score (nSPS) is 15.5. The van der Waals surface area contributed by atoms with Crippen molar-refractivity contribution in [3.8, 4) is 6.07 Å². The second-order valence-corrected chi connectivity index (χ2v) is 4.95. The molecule has 1 saturated heterocycles. The molecule has 0 unspecified atom stereocenters. The Hall–Kier alpha value is -2.56. The van der Waals surface area contributed by atoms with Gasteiger partial charge in [0, 0.05) is 19.3 Å². The SMILES string of the molecule is CCOC(=O)C1CCN(C(=O)/C(C#N)=C\NCC(=O)OC)CC1. The van der Waals surface area contributed by atoms with E-state index in [4.69, 9.17) is 10.00 Å². The number of piperidine rings is 1. The van der Waals surface area contributed by atoms with Gasteiger partial charge in [0.25, 0.3) is 5.91 Å². The summed E-state index contributed by atoms with van der Waals surface area (Å²) in [6, 6.07) is 1.81. The maximum Gasteiger partial charge on any atom is 0.325 e. The third-order valence-corrected chi connectivity index (χ3v) is 3.47. The van der Waals surface area contributed by atoms with E-state index in [1.54, 1.807) is 6.92 Å². The molecule has 8 nitrogen and oxygen atoms in total. The zero-order chi connectivity index (χ0) is 17.2. The minimum Gasteiger partial charge on any atom is -0.468 e. The first kappa shape index (κ1) is 18.5. The first-order chi connectivity index (χ1) is 11.0. The highest BCUT2D eigenvalue weighted by molar-refractivity contribution is 5.97. The Morgan fingerprint density at radius 3 is 2.52 bits per heavy atom. The predicted molar refractivity (Wildman–Crippen MR) is 79.7 cm³/mol. The summed E-state index contributed by atoms with van der Waals surface area (Å²) < 4.78 is 9.42. The van der Waals surface area contributed by atoms with Crippen LogP contribution in [0.4, 0.5) is 0 Å². The molecule has 0 aromatic heterocycles. The molecule has 0 spiro atoms. The summed E-state index contributed by atoms with van der Waals surface area (Å²) >= 11 is 0. The van der Waals surface area contributed by atoms with Crippen molar-refractivity contribution < 1.29 is 23.9 Å². The van der Waals surface area contributed by atoms with Crippen molar-refractivity contribution in [2.24, 2.45) is 5.92 Å². The summed E-state index contributed by atoms with van der Waals surface area (Å²) in [5.41, 5.74) is -0.0940. The molecule has 1 aliphatic rings. The first-order valence-electron chi connectivity index (χ1n) is 7.39. The Bertz CT molecular complexity index is 516. The molecule has 1 amide bonds. The number of nitrogens with one attached hydrogen (secondary N) is 1. The van der Waals surface area contributed by atoms with Crippen molar-refractivity contribution >= 4 is 17.8 Å². The minimum absolute atomic E-state index is 0.0940. The average Bonchev–Trinajstić information content (AvgIpc) is 2.58. The minimum atomic E-state index is -0.499. The summed E-state index contributed by atoms with van der Waals surface area (Å²) in [6.07, 6.45) is 2.23. The number of esters is 2. The Morgan fingerprint density at radius 2 is 2.00 bits per heavy atom. The van der Waals surface area contributed by atoms with Gasteiger partial charge >= 0.3 is 11.9 Å². The maximum absolute atomic E-state index is 12.2. The van der Waals surface area contributed by atoms with Crippen LogP contribution in [0.25, 0.3) is 0 Å². The third kappa shape index (κ3) is 5.62. The third-order valence-electron chi connectivity index (χ3n) is 3.47. The number of hydrogen-bond donors (Lipinski definition) is 1. The van der Waals surface area contributed by atoms with E-state index in [-0.39, 0.29) is 24.0 Å². The highest BCUT2D eigenvalue weighted by Gasteiger charge is 2.29. The summed E-state index contributed by atoms with van der Waals surface area (Å²) in [4.78, 5) is 36.4. The highest BCUT2D eigenvalue weighted by Crippen LogP contribution is 2.19. The van der Waals surface area contributed by atoms with Crippen LogP contribution in [0.1, 0.15) is 19.8 Å². The lowest BCUT2D eigenvalue weighted by Crippen LogP contribution is -2.41. The van der Waals surface area contributed by atoms with Crippen molar-refractivity contribution in [3.05, 3.63) is 11.8 Å². The van der Waals surface area contributed by atoms with Gasteiger partial charge in [-0.05, 0) is 19.8 Å². The molecule has 0 aromatic rings. The molecule has 1 aliphatic heterocycles. The van der Waals surface area contributed by atoms with E-state index in [1.165, 1.54) is 18.2 Å². The van der Waals surface area contributed by atoms with Crippen LogP contribution in [0.5, 0.6) is 0 Å². The molecule has 1 fully saturated rings. The number of hydrogen-bond acceptors (Lipinski definition) is 7. The van der Waals surface area contributed by atoms with Crippen LogP contribution in [-0.2, 0) is 23.9 Å². The molecule has 1 heterocycles. The lowest BCUT2D eigenvalue weighted by molar-refractivity contribution is -0.150. The zero-order valence-electron chi connectivity index (χ0n) is 13.3. The lowest BCUT2D eigenvalue weighted by atomic mass is 9.96. The van der Waals surface area contributed by atoms with Crippen molar-refractivity contribution in [1.82, 2.24) is 10.2 Å². The molecule has 0 aromatic carbocycles. The van der Waals surface area contributed by atoms with Crippen LogP contribution in [0.3, 0.4) is 0 Å². The van der Waals surface area contributed by atoms with E-state index in [1.807, 2.05) is 6.07 Å². The van der Waals surface area contributed by atoms with Crippen LogP contribution in [0.15, 0.2) is 11.8 Å². The van der Waals surface area contributed by atoms with E-state index in [0.29, 0.717) is 32.5 Å². The van der Waals surface area contributed by atoms with Crippen LogP contribution >= 0.6 is 0 Å². The summed E-state index contributed by atoms with van der Waals surface area (Å²) in [5.74, 6) is -1.37. The number of rotatable bonds is 6. The Labute approximate surface area is 135 Å². The number of nitrogens with zero attached hydrogens (tertiary/aromatic N) is 2. The molecule has 0 bridgehead atoms. The fraction of sp³-hybridized carbons (Fsp3) is 0.600. The van der Waals surface area contributed by atoms with E-state index in [9.17, 15) is 14.4 Å². The molecule has 126 valence electrons. The van der Waals surface area contributed by atoms with Gasteiger partial charge in [-0.15, -0.1) is 0 Å². The quantitative estimate of drug-likeness (QED) is 0.415. The molecular formula is C15H21N3O5. The fourth-order valence-corrected chi connectivity index (χ4v) is 2.20. The maximum atomic E-state index is 12.2. The molecule has 23 heavy (non-hydrogen) atoms. The predicted octanol–water partition coefficient (Wildman–Crippen LogP) is -0.0418. The molecule has 0 radical (unpaired) electrons. The largest absolute Gasteiger partial charge is 0.468 e. The molecule has 0 atom stereocenters. The van der Waals surface area contributed by atoms with E-state index in [0.717, 1.165) is 0 Å². The second-order valence-electron chi connectivity index (χ2n) is 4.95.